The van der Waals surface area contributed by atoms with E-state index in [-0.39, 0.29) is 12.4 Å². The Morgan fingerprint density at radius 2 is 2.12 bits per heavy atom. The fourth-order valence-electron chi connectivity index (χ4n) is 1.69. The zero-order chi connectivity index (χ0) is 10.1. The summed E-state index contributed by atoms with van der Waals surface area (Å²) >= 11 is 0. The molecule has 3 rings (SSSR count). The second kappa shape index (κ2) is 4.55. The summed E-state index contributed by atoms with van der Waals surface area (Å²) < 4.78 is 0. The molecule has 1 aliphatic heterocycles. The fourth-order valence-corrected chi connectivity index (χ4v) is 1.69. The van der Waals surface area contributed by atoms with Crippen molar-refractivity contribution in [2.75, 3.05) is 0 Å². The van der Waals surface area contributed by atoms with Gasteiger partial charge in [0.2, 0.25) is 0 Å². The Kier molecular flexibility index (Phi) is 3.12. The maximum absolute atomic E-state index is 4.51. The minimum atomic E-state index is 0. The Morgan fingerprint density at radius 3 is 2.94 bits per heavy atom. The van der Waals surface area contributed by atoms with E-state index in [1.54, 1.807) is 12.4 Å². The maximum Gasteiger partial charge on any atom is 0.161 e. The van der Waals surface area contributed by atoms with Crippen molar-refractivity contribution < 1.29 is 0 Å². The summed E-state index contributed by atoms with van der Waals surface area (Å²) in [6, 6.07) is 3.86. The van der Waals surface area contributed by atoms with E-state index < -0.39 is 0 Å². The van der Waals surface area contributed by atoms with Gasteiger partial charge in [0.25, 0.3) is 0 Å². The highest BCUT2D eigenvalue weighted by Gasteiger charge is 2.13. The third-order valence-electron chi connectivity index (χ3n) is 2.48. The smallest absolute Gasteiger partial charge is 0.161 e. The minimum absolute atomic E-state index is 0. The average molecular weight is 235 g/mol. The van der Waals surface area contributed by atoms with Gasteiger partial charge >= 0.3 is 0 Å². The molecule has 0 atom stereocenters. The number of pyridine rings is 1. The first kappa shape index (κ1) is 11.0. The van der Waals surface area contributed by atoms with Crippen LogP contribution in [0.15, 0.2) is 30.7 Å². The Bertz CT molecular complexity index is 487. The Labute approximate surface area is 99.6 Å². The van der Waals surface area contributed by atoms with Gasteiger partial charge in [-0.25, -0.2) is 9.97 Å². The molecule has 0 radical (unpaired) electrons. The number of nitrogens with zero attached hydrogens (tertiary/aromatic N) is 3. The summed E-state index contributed by atoms with van der Waals surface area (Å²) in [4.78, 5) is 12.9. The Balaban J connectivity index is 0.000000963. The van der Waals surface area contributed by atoms with E-state index in [1.807, 2.05) is 18.3 Å². The standard InChI is InChI=1S/C11H10N4.ClH/c1-2-8(4-12-3-1)11-14-6-9-5-13-7-10(9)15-11;/h1-4,6,13H,5,7H2;1H. The molecule has 0 aromatic carbocycles. The number of hydrogen-bond acceptors (Lipinski definition) is 4. The Morgan fingerprint density at radius 1 is 1.19 bits per heavy atom. The second-order valence-electron chi connectivity index (χ2n) is 3.51. The minimum Gasteiger partial charge on any atom is -0.307 e. The monoisotopic (exact) mass is 234 g/mol. The van der Waals surface area contributed by atoms with Crippen LogP contribution in [0.2, 0.25) is 0 Å². The van der Waals surface area contributed by atoms with Crippen LogP contribution in [-0.2, 0) is 13.1 Å². The predicted octanol–water partition coefficient (Wildman–Crippen LogP) is 1.56. The highest BCUT2D eigenvalue weighted by Crippen LogP contribution is 2.17. The molecule has 16 heavy (non-hydrogen) atoms. The number of nitrogens with one attached hydrogen (secondary N) is 1. The zero-order valence-electron chi connectivity index (χ0n) is 8.55. The number of fused-ring (bicyclic) bond motifs is 1. The van der Waals surface area contributed by atoms with Gasteiger partial charge in [-0.2, -0.15) is 0 Å². The van der Waals surface area contributed by atoms with Crippen molar-refractivity contribution in [3.63, 3.8) is 0 Å². The highest BCUT2D eigenvalue weighted by molar-refractivity contribution is 5.85. The van der Waals surface area contributed by atoms with Crippen molar-refractivity contribution in [3.8, 4) is 11.4 Å². The number of rotatable bonds is 1. The highest BCUT2D eigenvalue weighted by atomic mass is 35.5. The summed E-state index contributed by atoms with van der Waals surface area (Å²) in [6.07, 6.45) is 5.42. The van der Waals surface area contributed by atoms with Crippen molar-refractivity contribution in [1.29, 1.82) is 0 Å². The van der Waals surface area contributed by atoms with Crippen molar-refractivity contribution in [2.45, 2.75) is 13.1 Å². The molecule has 2 aromatic heterocycles. The van der Waals surface area contributed by atoms with Crippen molar-refractivity contribution in [3.05, 3.63) is 42.0 Å². The summed E-state index contributed by atoms with van der Waals surface area (Å²) in [5, 5.41) is 3.25. The quantitative estimate of drug-likeness (QED) is 0.814. The van der Waals surface area contributed by atoms with Crippen LogP contribution >= 0.6 is 12.4 Å². The van der Waals surface area contributed by atoms with Gasteiger partial charge in [-0.3, -0.25) is 4.98 Å². The predicted molar refractivity (Wildman–Crippen MR) is 63.1 cm³/mol. The molecule has 0 aliphatic carbocycles. The molecule has 0 amide bonds. The van der Waals surface area contributed by atoms with Crippen molar-refractivity contribution in [1.82, 2.24) is 20.3 Å². The van der Waals surface area contributed by atoms with Gasteiger partial charge in [0.1, 0.15) is 0 Å². The van der Waals surface area contributed by atoms with Crippen LogP contribution in [-0.4, -0.2) is 15.0 Å². The van der Waals surface area contributed by atoms with Gasteiger partial charge in [-0.1, -0.05) is 0 Å². The Hall–Kier alpha value is -1.52. The molecule has 0 spiro atoms. The van der Waals surface area contributed by atoms with E-state index >= 15 is 0 Å². The molecule has 0 unspecified atom stereocenters. The van der Waals surface area contributed by atoms with E-state index in [1.165, 1.54) is 5.56 Å². The van der Waals surface area contributed by atoms with Gasteiger partial charge in [-0.05, 0) is 12.1 Å². The van der Waals surface area contributed by atoms with Crippen LogP contribution in [0.1, 0.15) is 11.3 Å². The molecule has 82 valence electrons. The lowest BCUT2D eigenvalue weighted by molar-refractivity contribution is 0.758. The molecular weight excluding hydrogens is 224 g/mol. The summed E-state index contributed by atoms with van der Waals surface area (Å²) in [7, 11) is 0. The van der Waals surface area contributed by atoms with Crippen LogP contribution in [0.4, 0.5) is 0 Å². The molecule has 2 aromatic rings. The van der Waals surface area contributed by atoms with E-state index in [0.717, 1.165) is 30.2 Å². The lowest BCUT2D eigenvalue weighted by Crippen LogP contribution is -2.00. The third kappa shape index (κ3) is 1.89. The first-order chi connectivity index (χ1) is 7.43. The van der Waals surface area contributed by atoms with Gasteiger partial charge in [0, 0.05) is 42.8 Å². The van der Waals surface area contributed by atoms with E-state index in [9.17, 15) is 0 Å². The topological polar surface area (TPSA) is 50.7 Å². The summed E-state index contributed by atoms with van der Waals surface area (Å²) in [6.45, 7) is 1.72. The maximum atomic E-state index is 4.51. The first-order valence-electron chi connectivity index (χ1n) is 4.89. The largest absolute Gasteiger partial charge is 0.307 e. The van der Waals surface area contributed by atoms with Gasteiger partial charge in [-0.15, -0.1) is 12.4 Å². The normalized spacial score (nSPS) is 13.0. The lowest BCUT2D eigenvalue weighted by Gasteiger charge is -2.01. The van der Waals surface area contributed by atoms with Gasteiger partial charge in [0.15, 0.2) is 5.82 Å². The van der Waals surface area contributed by atoms with Crippen LogP contribution in [0, 0.1) is 0 Å². The van der Waals surface area contributed by atoms with E-state index in [4.69, 9.17) is 0 Å². The van der Waals surface area contributed by atoms with Crippen molar-refractivity contribution in [2.24, 2.45) is 0 Å². The molecule has 0 saturated heterocycles. The lowest BCUT2D eigenvalue weighted by atomic mass is 10.2. The SMILES string of the molecule is Cl.c1cncc(-c2ncc3c(n2)CNC3)c1. The van der Waals surface area contributed by atoms with E-state index in [2.05, 4.69) is 20.3 Å². The summed E-state index contributed by atoms with van der Waals surface area (Å²) in [5.41, 5.74) is 3.26. The molecule has 0 fully saturated rings. The van der Waals surface area contributed by atoms with Crippen LogP contribution in [0.3, 0.4) is 0 Å². The first-order valence-corrected chi connectivity index (χ1v) is 4.89. The molecule has 5 heteroatoms. The second-order valence-corrected chi connectivity index (χ2v) is 3.51. The van der Waals surface area contributed by atoms with Crippen LogP contribution in [0.25, 0.3) is 11.4 Å². The molecular formula is C11H11ClN4. The fraction of sp³-hybridized carbons (Fsp3) is 0.182. The molecule has 0 bridgehead atoms. The summed E-state index contributed by atoms with van der Waals surface area (Å²) in [5.74, 6) is 0.755. The number of halogens is 1. The number of hydrogen-bond donors (Lipinski definition) is 1. The van der Waals surface area contributed by atoms with Gasteiger partial charge in [0.05, 0.1) is 5.69 Å². The van der Waals surface area contributed by atoms with E-state index in [0.29, 0.717) is 0 Å². The van der Waals surface area contributed by atoms with Crippen LogP contribution < -0.4 is 5.32 Å². The molecule has 1 aliphatic rings. The molecule has 0 saturated carbocycles. The molecule has 1 N–H and O–H groups in total. The molecule has 4 nitrogen and oxygen atoms in total. The van der Waals surface area contributed by atoms with Crippen LogP contribution in [0.5, 0.6) is 0 Å². The molecule has 3 heterocycles. The third-order valence-corrected chi connectivity index (χ3v) is 2.48. The number of aromatic nitrogens is 3. The van der Waals surface area contributed by atoms with Gasteiger partial charge < -0.3 is 5.32 Å². The average Bonchev–Trinajstić information content (AvgIpc) is 2.77. The zero-order valence-corrected chi connectivity index (χ0v) is 9.37. The van der Waals surface area contributed by atoms with Crippen molar-refractivity contribution >= 4 is 12.4 Å².